The third-order valence-corrected chi connectivity index (χ3v) is 13.1. The van der Waals surface area contributed by atoms with Gasteiger partial charge < -0.3 is 14.2 Å². The van der Waals surface area contributed by atoms with Crippen molar-refractivity contribution in [2.75, 3.05) is 13.2 Å². The zero-order valence-corrected chi connectivity index (χ0v) is 44.9. The molecule has 0 aromatic heterocycles. The second-order valence-corrected chi connectivity index (χ2v) is 19.9. The molecule has 0 bridgehead atoms. The van der Waals surface area contributed by atoms with Crippen molar-refractivity contribution in [2.45, 2.75) is 322 Å². The summed E-state index contributed by atoms with van der Waals surface area (Å²) >= 11 is 0. The van der Waals surface area contributed by atoms with E-state index in [0.717, 1.165) is 70.6 Å². The molecule has 0 amide bonds. The van der Waals surface area contributed by atoms with Gasteiger partial charge in [-0.05, 0) is 70.6 Å². The number of ether oxygens (including phenoxy) is 3. The van der Waals surface area contributed by atoms with Crippen LogP contribution in [0, 0.1) is 0 Å². The second kappa shape index (κ2) is 56.2. The summed E-state index contributed by atoms with van der Waals surface area (Å²) in [4.78, 5) is 38.1. The Bertz CT molecular complexity index is 1130. The monoisotopic (exact) mass is 941 g/mol. The number of hydrogen-bond donors (Lipinski definition) is 0. The van der Waals surface area contributed by atoms with E-state index in [1.807, 2.05) is 0 Å². The Morgan fingerprint density at radius 2 is 0.552 bits per heavy atom. The molecule has 392 valence electrons. The fraction of sp³-hybridized carbons (Fsp3) is 0.852. The van der Waals surface area contributed by atoms with Gasteiger partial charge in [-0.25, -0.2) is 0 Å². The Labute approximate surface area is 416 Å². The molecule has 6 heteroatoms. The van der Waals surface area contributed by atoms with Crippen LogP contribution in [0.2, 0.25) is 0 Å². The van der Waals surface area contributed by atoms with Crippen molar-refractivity contribution >= 4 is 17.9 Å². The van der Waals surface area contributed by atoms with Crippen molar-refractivity contribution in [3.05, 3.63) is 36.5 Å². The van der Waals surface area contributed by atoms with Gasteiger partial charge in [0.25, 0.3) is 0 Å². The third-order valence-electron chi connectivity index (χ3n) is 13.1. The molecule has 0 N–H and O–H groups in total. The van der Waals surface area contributed by atoms with Crippen molar-refractivity contribution in [3.8, 4) is 0 Å². The van der Waals surface area contributed by atoms with E-state index in [2.05, 4.69) is 57.2 Å². The van der Waals surface area contributed by atoms with Crippen molar-refractivity contribution in [1.29, 1.82) is 0 Å². The SMILES string of the molecule is CCCC/C=C\CCCCCCCC(=O)OC[C@H](COC(=O)CCCCCCCCCCCCCCCCCCCCC)OC(=O)CCCCCCCCCCC/C=C\C/C=C\CCCCC. The average molecular weight is 942 g/mol. The normalized spacial score (nSPS) is 12.2. The van der Waals surface area contributed by atoms with Crippen molar-refractivity contribution < 1.29 is 28.6 Å². The smallest absolute Gasteiger partial charge is 0.306 e. The van der Waals surface area contributed by atoms with Crippen LogP contribution in [0.5, 0.6) is 0 Å². The van der Waals surface area contributed by atoms with Crippen LogP contribution in [0.3, 0.4) is 0 Å². The molecular formula is C61H112O6. The van der Waals surface area contributed by atoms with Crippen LogP contribution in [0.1, 0.15) is 316 Å². The first-order valence-corrected chi connectivity index (χ1v) is 29.5. The highest BCUT2D eigenvalue weighted by atomic mass is 16.6. The Hall–Kier alpha value is -2.37. The van der Waals surface area contributed by atoms with Crippen molar-refractivity contribution in [1.82, 2.24) is 0 Å². The third kappa shape index (κ3) is 54.4. The number of carbonyl (C=O) groups is 3. The molecule has 1 atom stereocenters. The highest BCUT2D eigenvalue weighted by Gasteiger charge is 2.19. The molecule has 0 unspecified atom stereocenters. The summed E-state index contributed by atoms with van der Waals surface area (Å²) < 4.78 is 16.9. The van der Waals surface area contributed by atoms with Crippen LogP contribution in [0.15, 0.2) is 36.5 Å². The lowest BCUT2D eigenvalue weighted by Gasteiger charge is -2.18. The van der Waals surface area contributed by atoms with E-state index < -0.39 is 6.10 Å². The molecule has 6 nitrogen and oxygen atoms in total. The molecule has 0 aliphatic heterocycles. The first-order chi connectivity index (χ1) is 33.0. The maximum Gasteiger partial charge on any atom is 0.306 e. The Kier molecular flexibility index (Phi) is 54.2. The van der Waals surface area contributed by atoms with E-state index in [9.17, 15) is 14.4 Å². The van der Waals surface area contributed by atoms with Gasteiger partial charge in [0.05, 0.1) is 0 Å². The lowest BCUT2D eigenvalue weighted by atomic mass is 10.0. The minimum Gasteiger partial charge on any atom is -0.462 e. The lowest BCUT2D eigenvalue weighted by molar-refractivity contribution is -0.167. The fourth-order valence-electron chi connectivity index (χ4n) is 8.63. The molecule has 0 saturated carbocycles. The number of allylic oxidation sites excluding steroid dienone is 6. The zero-order valence-electron chi connectivity index (χ0n) is 44.9. The van der Waals surface area contributed by atoms with Crippen LogP contribution in [0.4, 0.5) is 0 Å². The number of esters is 3. The predicted molar refractivity (Wildman–Crippen MR) is 289 cm³/mol. The maximum absolute atomic E-state index is 12.9. The first kappa shape index (κ1) is 64.6. The van der Waals surface area contributed by atoms with E-state index in [-0.39, 0.29) is 31.1 Å². The topological polar surface area (TPSA) is 78.9 Å². The number of carbonyl (C=O) groups excluding carboxylic acids is 3. The molecule has 0 aromatic rings. The standard InChI is InChI=1S/C61H112O6/c1-4-7-10-13-16-19-22-24-26-28-30-32-34-36-39-42-45-48-51-54-60(63)66-57-58(56-65-59(62)53-50-47-44-41-38-21-18-15-12-9-6-3)67-61(64)55-52-49-46-43-40-37-35-33-31-29-27-25-23-20-17-14-11-8-5-2/h15,17-18,20,25,27,58H,4-14,16,19,21-24,26,28-57H2,1-3H3/b18-15-,20-17-,27-25-/t58-/m1/s1. The summed E-state index contributed by atoms with van der Waals surface area (Å²) in [5, 5.41) is 0. The van der Waals surface area contributed by atoms with E-state index in [1.54, 1.807) is 0 Å². The van der Waals surface area contributed by atoms with E-state index in [4.69, 9.17) is 14.2 Å². The molecule has 0 rings (SSSR count). The molecule has 0 spiro atoms. The van der Waals surface area contributed by atoms with Gasteiger partial charge in [0, 0.05) is 19.3 Å². The van der Waals surface area contributed by atoms with Crippen molar-refractivity contribution in [2.24, 2.45) is 0 Å². The molecule has 0 aliphatic carbocycles. The van der Waals surface area contributed by atoms with Gasteiger partial charge in [0.15, 0.2) is 6.10 Å². The summed E-state index contributed by atoms with van der Waals surface area (Å²) in [7, 11) is 0. The number of unbranched alkanes of at least 4 members (excludes halogenated alkanes) is 37. The van der Waals surface area contributed by atoms with Crippen molar-refractivity contribution in [3.63, 3.8) is 0 Å². The van der Waals surface area contributed by atoms with E-state index in [1.165, 1.54) is 205 Å². The van der Waals surface area contributed by atoms with Crippen LogP contribution < -0.4 is 0 Å². The molecule has 0 saturated heterocycles. The van der Waals surface area contributed by atoms with Gasteiger partial charge in [-0.1, -0.05) is 263 Å². The minimum atomic E-state index is -0.775. The van der Waals surface area contributed by atoms with Crippen LogP contribution in [0.25, 0.3) is 0 Å². The number of rotatable bonds is 54. The summed E-state index contributed by atoms with van der Waals surface area (Å²) in [6.07, 6.45) is 67.1. The fourth-order valence-corrected chi connectivity index (χ4v) is 8.63. The van der Waals surface area contributed by atoms with Gasteiger partial charge in [0.2, 0.25) is 0 Å². The highest BCUT2D eigenvalue weighted by Crippen LogP contribution is 2.17. The minimum absolute atomic E-state index is 0.0727. The maximum atomic E-state index is 12.9. The first-order valence-electron chi connectivity index (χ1n) is 29.5. The molecule has 0 radical (unpaired) electrons. The molecule has 0 heterocycles. The molecule has 0 aliphatic rings. The second-order valence-electron chi connectivity index (χ2n) is 19.9. The molecule has 67 heavy (non-hydrogen) atoms. The van der Waals surface area contributed by atoms with Crippen LogP contribution in [-0.2, 0) is 28.6 Å². The number of hydrogen-bond acceptors (Lipinski definition) is 6. The summed E-state index contributed by atoms with van der Waals surface area (Å²) in [6, 6.07) is 0. The van der Waals surface area contributed by atoms with Gasteiger partial charge in [-0.2, -0.15) is 0 Å². The molecular weight excluding hydrogens is 829 g/mol. The predicted octanol–water partition coefficient (Wildman–Crippen LogP) is 19.7. The van der Waals surface area contributed by atoms with Crippen LogP contribution in [-0.4, -0.2) is 37.2 Å². The highest BCUT2D eigenvalue weighted by molar-refractivity contribution is 5.71. The average Bonchev–Trinajstić information content (AvgIpc) is 3.33. The summed E-state index contributed by atoms with van der Waals surface area (Å²) in [6.45, 7) is 6.61. The molecule has 0 fully saturated rings. The van der Waals surface area contributed by atoms with E-state index >= 15 is 0 Å². The Morgan fingerprint density at radius 3 is 0.910 bits per heavy atom. The van der Waals surface area contributed by atoms with Crippen LogP contribution >= 0.6 is 0 Å². The Balaban J connectivity index is 4.29. The largest absolute Gasteiger partial charge is 0.462 e. The lowest BCUT2D eigenvalue weighted by Crippen LogP contribution is -2.30. The zero-order chi connectivity index (χ0) is 48.6. The Morgan fingerprint density at radius 1 is 0.299 bits per heavy atom. The summed E-state index contributed by atoms with van der Waals surface area (Å²) in [5.41, 5.74) is 0. The summed E-state index contributed by atoms with van der Waals surface area (Å²) in [5.74, 6) is -0.870. The quantitative estimate of drug-likeness (QED) is 0.0262. The van der Waals surface area contributed by atoms with Gasteiger partial charge >= 0.3 is 17.9 Å². The van der Waals surface area contributed by atoms with Gasteiger partial charge in [-0.3, -0.25) is 14.4 Å². The molecule has 0 aromatic carbocycles. The van der Waals surface area contributed by atoms with E-state index in [0.29, 0.717) is 19.3 Å². The van der Waals surface area contributed by atoms with Gasteiger partial charge in [0.1, 0.15) is 13.2 Å². The van der Waals surface area contributed by atoms with Gasteiger partial charge in [-0.15, -0.1) is 0 Å².